The van der Waals surface area contributed by atoms with E-state index in [1.54, 1.807) is 36.4 Å². The molecule has 2 rings (SSSR count). The van der Waals surface area contributed by atoms with E-state index in [1.165, 1.54) is 11.0 Å². The maximum atomic E-state index is 12.4. The van der Waals surface area contributed by atoms with Crippen molar-refractivity contribution in [1.82, 2.24) is 10.2 Å². The Morgan fingerprint density at radius 1 is 1.17 bits per heavy atom. The van der Waals surface area contributed by atoms with Crippen LogP contribution < -0.4 is 10.1 Å². The average molecular weight is 328 g/mol. The van der Waals surface area contributed by atoms with Gasteiger partial charge in [-0.2, -0.15) is 0 Å². The highest BCUT2D eigenvalue weighted by atomic mass is 32.1. The topological polar surface area (TPSA) is 58.6 Å². The Morgan fingerprint density at radius 3 is 2.48 bits per heavy atom. The zero-order valence-electron chi connectivity index (χ0n) is 12.5. The third kappa shape index (κ3) is 3.92. The number of benzene rings is 1. The lowest BCUT2D eigenvalue weighted by atomic mass is 10.1. The summed E-state index contributed by atoms with van der Waals surface area (Å²) >= 11 is 5.00. The number of ether oxygens (including phenoxy) is 1. The molecule has 5 nitrogen and oxygen atoms in total. The van der Waals surface area contributed by atoms with Crippen LogP contribution in [0, 0.1) is 0 Å². The van der Waals surface area contributed by atoms with Crippen LogP contribution in [0.15, 0.2) is 55.1 Å². The number of carbonyl (C=O) groups excluding carboxylic acids is 2. The summed E-state index contributed by atoms with van der Waals surface area (Å²) < 4.78 is 5.38. The lowest BCUT2D eigenvalue weighted by Gasteiger charge is -2.27. The number of thiocarbonyl (C=S) groups is 1. The molecule has 118 valence electrons. The summed E-state index contributed by atoms with van der Waals surface area (Å²) in [5.41, 5.74) is 0.737. The molecule has 6 heteroatoms. The molecule has 0 saturated carbocycles. The Balaban J connectivity index is 2.24. The van der Waals surface area contributed by atoms with Crippen molar-refractivity contribution in [3.63, 3.8) is 0 Å². The molecule has 0 bridgehead atoms. The number of hydrogen-bond acceptors (Lipinski definition) is 4. The van der Waals surface area contributed by atoms with Gasteiger partial charge in [0.15, 0.2) is 5.11 Å². The van der Waals surface area contributed by atoms with Crippen molar-refractivity contribution in [3.8, 4) is 5.75 Å². The molecule has 0 unspecified atom stereocenters. The van der Waals surface area contributed by atoms with Gasteiger partial charge in [0.05, 0.1) is 0 Å². The Kier molecular flexibility index (Phi) is 5.43. The summed E-state index contributed by atoms with van der Waals surface area (Å²) in [6, 6.07) is 7.04. The van der Waals surface area contributed by atoms with Crippen LogP contribution in [0.25, 0.3) is 6.08 Å². The second kappa shape index (κ2) is 7.51. The first-order valence-electron chi connectivity index (χ1n) is 6.90. The van der Waals surface area contributed by atoms with Crippen molar-refractivity contribution >= 4 is 35.2 Å². The molecule has 1 saturated heterocycles. The molecule has 0 atom stereocenters. The summed E-state index contributed by atoms with van der Waals surface area (Å²) in [5.74, 6) is -0.265. The highest BCUT2D eigenvalue weighted by molar-refractivity contribution is 7.80. The smallest absolute Gasteiger partial charge is 0.265 e. The summed E-state index contributed by atoms with van der Waals surface area (Å²) in [6.45, 7) is 7.81. The van der Waals surface area contributed by atoms with Gasteiger partial charge in [-0.3, -0.25) is 19.8 Å². The molecule has 0 radical (unpaired) electrons. The maximum absolute atomic E-state index is 12.4. The van der Waals surface area contributed by atoms with Gasteiger partial charge in [-0.1, -0.05) is 30.9 Å². The highest BCUT2D eigenvalue weighted by Gasteiger charge is 2.32. The van der Waals surface area contributed by atoms with Crippen LogP contribution >= 0.6 is 12.2 Å². The number of hydrogen-bond donors (Lipinski definition) is 1. The van der Waals surface area contributed by atoms with E-state index in [9.17, 15) is 9.59 Å². The predicted molar refractivity (Wildman–Crippen MR) is 92.8 cm³/mol. The van der Waals surface area contributed by atoms with Crippen molar-refractivity contribution in [2.45, 2.75) is 0 Å². The van der Waals surface area contributed by atoms with E-state index in [2.05, 4.69) is 18.5 Å². The summed E-state index contributed by atoms with van der Waals surface area (Å²) in [5, 5.41) is 2.59. The third-order valence-electron chi connectivity index (χ3n) is 3.06. The molecule has 2 amide bonds. The lowest BCUT2D eigenvalue weighted by molar-refractivity contribution is -0.128. The van der Waals surface area contributed by atoms with Gasteiger partial charge >= 0.3 is 0 Å². The van der Waals surface area contributed by atoms with Crippen molar-refractivity contribution in [2.24, 2.45) is 0 Å². The molecule has 1 N–H and O–H groups in total. The molecule has 0 aromatic heterocycles. The van der Waals surface area contributed by atoms with Crippen LogP contribution in [-0.2, 0) is 9.59 Å². The van der Waals surface area contributed by atoms with Crippen LogP contribution in [0.5, 0.6) is 5.75 Å². The minimum Gasteiger partial charge on any atom is -0.490 e. The molecule has 1 aliphatic heterocycles. The van der Waals surface area contributed by atoms with E-state index in [0.717, 1.165) is 0 Å². The normalized spacial score (nSPS) is 16.3. The molecule has 0 spiro atoms. The average Bonchev–Trinajstić information content (AvgIpc) is 2.54. The molecule has 1 heterocycles. The van der Waals surface area contributed by atoms with E-state index < -0.39 is 11.8 Å². The molecule has 1 aromatic carbocycles. The van der Waals surface area contributed by atoms with Crippen molar-refractivity contribution in [3.05, 3.63) is 60.7 Å². The van der Waals surface area contributed by atoms with E-state index in [1.807, 2.05) is 0 Å². The third-order valence-corrected chi connectivity index (χ3v) is 3.38. The van der Waals surface area contributed by atoms with Gasteiger partial charge in [0.1, 0.15) is 17.9 Å². The maximum Gasteiger partial charge on any atom is 0.265 e. The van der Waals surface area contributed by atoms with Crippen molar-refractivity contribution in [2.75, 3.05) is 13.2 Å². The zero-order valence-corrected chi connectivity index (χ0v) is 13.3. The first kappa shape index (κ1) is 16.6. The van der Waals surface area contributed by atoms with Gasteiger partial charge in [0.25, 0.3) is 11.8 Å². The fourth-order valence-electron chi connectivity index (χ4n) is 1.97. The fourth-order valence-corrected chi connectivity index (χ4v) is 2.22. The van der Waals surface area contributed by atoms with Gasteiger partial charge in [-0.25, -0.2) is 0 Å². The summed E-state index contributed by atoms with van der Waals surface area (Å²) in [6.07, 6.45) is 4.72. The first-order valence-corrected chi connectivity index (χ1v) is 7.31. The Bertz CT molecular complexity index is 692. The van der Waals surface area contributed by atoms with Crippen LogP contribution in [-0.4, -0.2) is 35.0 Å². The quantitative estimate of drug-likeness (QED) is 0.376. The number of amides is 2. The van der Waals surface area contributed by atoms with E-state index in [-0.39, 0.29) is 17.2 Å². The van der Waals surface area contributed by atoms with Crippen molar-refractivity contribution in [1.29, 1.82) is 0 Å². The number of rotatable bonds is 6. The molecular formula is C17H16N2O3S. The second-order valence-corrected chi connectivity index (χ2v) is 5.08. The zero-order chi connectivity index (χ0) is 16.8. The van der Waals surface area contributed by atoms with E-state index in [0.29, 0.717) is 17.9 Å². The van der Waals surface area contributed by atoms with Gasteiger partial charge in [-0.05, 0) is 36.0 Å². The van der Waals surface area contributed by atoms with Gasteiger partial charge < -0.3 is 4.74 Å². The van der Waals surface area contributed by atoms with Gasteiger partial charge in [0, 0.05) is 6.54 Å². The summed E-state index contributed by atoms with van der Waals surface area (Å²) in [4.78, 5) is 25.7. The fraction of sp³-hybridized carbons (Fsp3) is 0.118. The Hall–Kier alpha value is -2.73. The Morgan fingerprint density at radius 2 is 1.87 bits per heavy atom. The first-order chi connectivity index (χ1) is 11.1. The summed E-state index contributed by atoms with van der Waals surface area (Å²) in [7, 11) is 0. The molecule has 1 aromatic rings. The highest BCUT2D eigenvalue weighted by Crippen LogP contribution is 2.17. The van der Waals surface area contributed by atoms with Crippen LogP contribution in [0.2, 0.25) is 0 Å². The minimum atomic E-state index is -0.507. The SMILES string of the molecule is C=CCOc1ccc(C=C2C(=O)NC(=S)N(CC=C)C2=O)cc1. The predicted octanol–water partition coefficient (Wildman–Crippen LogP) is 2.06. The van der Waals surface area contributed by atoms with E-state index in [4.69, 9.17) is 17.0 Å². The number of carbonyl (C=O) groups is 2. The van der Waals surface area contributed by atoms with E-state index >= 15 is 0 Å². The molecular weight excluding hydrogens is 312 g/mol. The number of nitrogens with zero attached hydrogens (tertiary/aromatic N) is 1. The molecule has 1 aliphatic rings. The molecule has 23 heavy (non-hydrogen) atoms. The minimum absolute atomic E-state index is 0.0280. The van der Waals surface area contributed by atoms with Gasteiger partial charge in [-0.15, -0.1) is 6.58 Å². The second-order valence-electron chi connectivity index (χ2n) is 4.69. The monoisotopic (exact) mass is 328 g/mol. The molecule has 1 fully saturated rings. The van der Waals surface area contributed by atoms with Gasteiger partial charge in [0.2, 0.25) is 0 Å². The van der Waals surface area contributed by atoms with Crippen molar-refractivity contribution < 1.29 is 14.3 Å². The van der Waals surface area contributed by atoms with Crippen LogP contribution in [0.1, 0.15) is 5.56 Å². The largest absolute Gasteiger partial charge is 0.490 e. The van der Waals surface area contributed by atoms with Crippen LogP contribution in [0.3, 0.4) is 0 Å². The lowest BCUT2D eigenvalue weighted by Crippen LogP contribution is -2.53. The number of nitrogens with one attached hydrogen (secondary N) is 1. The standard InChI is InChI=1S/C17H16N2O3S/c1-3-9-19-16(21)14(15(20)18-17(19)23)11-12-5-7-13(8-6-12)22-10-4-2/h3-8,11H,1-2,9-10H2,(H,18,20,23). The Labute approximate surface area is 139 Å². The van der Waals surface area contributed by atoms with Crippen LogP contribution in [0.4, 0.5) is 0 Å². The molecule has 0 aliphatic carbocycles.